The van der Waals surface area contributed by atoms with E-state index in [4.69, 9.17) is 0 Å². The lowest BCUT2D eigenvalue weighted by Gasteiger charge is -1.68. The van der Waals surface area contributed by atoms with E-state index in [9.17, 15) is 0 Å². The van der Waals surface area contributed by atoms with E-state index < -0.39 is 0 Å². The van der Waals surface area contributed by atoms with Gasteiger partial charge in [0.1, 0.15) is 0 Å². The summed E-state index contributed by atoms with van der Waals surface area (Å²) in [5.74, 6) is 0. The Kier molecular flexibility index (Phi) is 3.13. The molecule has 0 nitrogen and oxygen atoms in total. The fourth-order valence-corrected chi connectivity index (χ4v) is 0. The minimum atomic E-state index is -0.255. The normalized spacial score (nSPS) is 9.00. The SMILES string of the molecule is C[Si](Br)Br. The summed E-state index contributed by atoms with van der Waals surface area (Å²) in [7, 11) is 0. The molecule has 0 aliphatic rings. The Morgan fingerprint density at radius 1 is 1.50 bits per heavy atom. The van der Waals surface area contributed by atoms with Crippen molar-refractivity contribution in [3.63, 3.8) is 0 Å². The van der Waals surface area contributed by atoms with E-state index in [-0.39, 0.29) is 6.04 Å². The molecule has 0 aliphatic heterocycles. The molecule has 0 spiro atoms. The molecule has 0 aromatic rings. The smallest absolute Gasteiger partial charge is 0.113 e. The topological polar surface area (TPSA) is 0 Å². The molecule has 1 radical (unpaired) electrons. The quantitative estimate of drug-likeness (QED) is 0.416. The molecule has 0 bridgehead atoms. The van der Waals surface area contributed by atoms with Crippen molar-refractivity contribution in [1.82, 2.24) is 0 Å². The lowest BCUT2D eigenvalue weighted by atomic mass is 11.9. The number of hydrogen-bond acceptors (Lipinski definition) is 0. The maximum Gasteiger partial charge on any atom is 0.212 e. The van der Waals surface area contributed by atoms with Crippen LogP contribution in [0.5, 0.6) is 0 Å². The van der Waals surface area contributed by atoms with Crippen molar-refractivity contribution in [2.24, 2.45) is 0 Å². The van der Waals surface area contributed by atoms with Crippen LogP contribution in [0.15, 0.2) is 0 Å². The highest BCUT2D eigenvalue weighted by Crippen LogP contribution is 1.97. The summed E-state index contributed by atoms with van der Waals surface area (Å²) in [6.45, 7) is 2.10. The van der Waals surface area contributed by atoms with Gasteiger partial charge in [-0.25, -0.2) is 0 Å². The second-order valence-corrected chi connectivity index (χ2v) is 11.7. The van der Waals surface area contributed by atoms with Crippen LogP contribution >= 0.6 is 30.6 Å². The van der Waals surface area contributed by atoms with Gasteiger partial charge in [0.2, 0.25) is 6.04 Å². The van der Waals surface area contributed by atoms with Gasteiger partial charge in [0.15, 0.2) is 0 Å². The highest BCUT2D eigenvalue weighted by molar-refractivity contribution is 9.49. The maximum atomic E-state index is 3.29. The molecule has 0 aliphatic carbocycles. The fourth-order valence-electron chi connectivity index (χ4n) is 0. The summed E-state index contributed by atoms with van der Waals surface area (Å²) in [6.07, 6.45) is 0. The maximum absolute atomic E-state index is 3.29. The van der Waals surface area contributed by atoms with Gasteiger partial charge < -0.3 is 0 Å². The zero-order valence-electron chi connectivity index (χ0n) is 2.26. The first-order chi connectivity index (χ1) is 1.73. The van der Waals surface area contributed by atoms with Crippen LogP contribution in [0.4, 0.5) is 0 Å². The Bertz CT molecular complexity index is 10.8. The predicted molar refractivity (Wildman–Crippen MR) is 29.5 cm³/mol. The highest BCUT2D eigenvalue weighted by Gasteiger charge is 1.80. The van der Waals surface area contributed by atoms with Crippen LogP contribution in [0.2, 0.25) is 6.55 Å². The Hall–Kier alpha value is 1.18. The average Bonchev–Trinajstić information content (AvgIpc) is 0.811. The van der Waals surface area contributed by atoms with Gasteiger partial charge in [-0.05, 0) is 0 Å². The average molecular weight is 203 g/mol. The molecule has 0 atom stereocenters. The van der Waals surface area contributed by atoms with Crippen molar-refractivity contribution in [1.29, 1.82) is 0 Å². The molecule has 4 heavy (non-hydrogen) atoms. The number of rotatable bonds is 0. The van der Waals surface area contributed by atoms with Gasteiger partial charge >= 0.3 is 0 Å². The Morgan fingerprint density at radius 2 is 1.50 bits per heavy atom. The molecule has 0 unspecified atom stereocenters. The summed E-state index contributed by atoms with van der Waals surface area (Å²) in [6, 6.07) is -0.255. The third-order valence-electron chi connectivity index (χ3n) is 0. The fraction of sp³-hybridized carbons (Fsp3) is 1.00. The minimum Gasteiger partial charge on any atom is -0.113 e. The predicted octanol–water partition coefficient (Wildman–Crippen LogP) is 1.89. The molecule has 0 aromatic carbocycles. The lowest BCUT2D eigenvalue weighted by Crippen LogP contribution is -1.69. The van der Waals surface area contributed by atoms with Crippen molar-refractivity contribution >= 4 is 36.6 Å². The third-order valence-corrected chi connectivity index (χ3v) is 0. The Morgan fingerprint density at radius 3 is 1.50 bits per heavy atom. The van der Waals surface area contributed by atoms with E-state index in [1.165, 1.54) is 0 Å². The molecule has 0 amide bonds. The van der Waals surface area contributed by atoms with Crippen molar-refractivity contribution in [3.8, 4) is 0 Å². The van der Waals surface area contributed by atoms with Gasteiger partial charge in [0.25, 0.3) is 0 Å². The van der Waals surface area contributed by atoms with E-state index in [2.05, 4.69) is 37.1 Å². The molecule has 0 heterocycles. The lowest BCUT2D eigenvalue weighted by molar-refractivity contribution is 2.37. The number of halogens is 2. The highest BCUT2D eigenvalue weighted by atomic mass is 79.9. The van der Waals surface area contributed by atoms with Gasteiger partial charge in [0.05, 0.1) is 0 Å². The summed E-state index contributed by atoms with van der Waals surface area (Å²) in [5, 5.41) is 0. The van der Waals surface area contributed by atoms with E-state index in [0.717, 1.165) is 0 Å². The van der Waals surface area contributed by atoms with Gasteiger partial charge in [0, 0.05) is 0 Å². The Labute approximate surface area is 43.4 Å². The van der Waals surface area contributed by atoms with E-state index in [0.29, 0.717) is 0 Å². The summed E-state index contributed by atoms with van der Waals surface area (Å²) in [5.41, 5.74) is 0. The Balaban J connectivity index is 2.32. The third kappa shape index (κ3) is 10.9. The van der Waals surface area contributed by atoms with Crippen molar-refractivity contribution in [2.45, 2.75) is 6.55 Å². The molecule has 0 N–H and O–H groups in total. The largest absolute Gasteiger partial charge is 0.212 e. The minimum absolute atomic E-state index is 0.255. The summed E-state index contributed by atoms with van der Waals surface area (Å²) < 4.78 is 0. The second kappa shape index (κ2) is 2.42. The van der Waals surface area contributed by atoms with E-state index in [1.807, 2.05) is 0 Å². The van der Waals surface area contributed by atoms with Crippen molar-refractivity contribution in [3.05, 3.63) is 0 Å². The molecular formula is CH3Br2Si. The first kappa shape index (κ1) is 5.18. The standard InChI is InChI=1S/CH3Br2Si/c1-4(2)3/h1H3. The first-order valence-corrected chi connectivity index (χ1v) is 7.39. The van der Waals surface area contributed by atoms with Crippen LogP contribution in [0.3, 0.4) is 0 Å². The van der Waals surface area contributed by atoms with Crippen molar-refractivity contribution < 1.29 is 0 Å². The molecule has 0 saturated carbocycles. The molecule has 0 saturated heterocycles. The van der Waals surface area contributed by atoms with Crippen LogP contribution in [-0.2, 0) is 0 Å². The van der Waals surface area contributed by atoms with Crippen LogP contribution < -0.4 is 0 Å². The van der Waals surface area contributed by atoms with Crippen molar-refractivity contribution in [2.75, 3.05) is 0 Å². The molecule has 3 heteroatoms. The molecule has 0 fully saturated rings. The zero-order chi connectivity index (χ0) is 3.58. The van der Waals surface area contributed by atoms with Crippen LogP contribution in [0.1, 0.15) is 0 Å². The zero-order valence-corrected chi connectivity index (χ0v) is 6.43. The van der Waals surface area contributed by atoms with Gasteiger partial charge in [-0.2, -0.15) is 0 Å². The summed E-state index contributed by atoms with van der Waals surface area (Å²) >= 11 is 6.58. The first-order valence-electron chi connectivity index (χ1n) is 0.878. The van der Waals surface area contributed by atoms with Crippen LogP contribution in [0.25, 0.3) is 0 Å². The van der Waals surface area contributed by atoms with Gasteiger partial charge in [-0.1, -0.05) is 6.55 Å². The van der Waals surface area contributed by atoms with E-state index in [1.54, 1.807) is 0 Å². The van der Waals surface area contributed by atoms with Gasteiger partial charge in [-0.15, -0.1) is 30.6 Å². The second-order valence-electron chi connectivity index (χ2n) is 0.449. The molecule has 0 aromatic heterocycles. The molecular weight excluding hydrogens is 200 g/mol. The van der Waals surface area contributed by atoms with Gasteiger partial charge in [-0.3, -0.25) is 0 Å². The monoisotopic (exact) mass is 201 g/mol. The van der Waals surface area contributed by atoms with Crippen LogP contribution in [-0.4, -0.2) is 6.04 Å². The molecule has 25 valence electrons. The number of hydrogen-bond donors (Lipinski definition) is 0. The molecule has 0 rings (SSSR count). The summed E-state index contributed by atoms with van der Waals surface area (Å²) in [4.78, 5) is 0. The van der Waals surface area contributed by atoms with Crippen LogP contribution in [0, 0.1) is 0 Å². The van der Waals surface area contributed by atoms with E-state index >= 15 is 0 Å².